The summed E-state index contributed by atoms with van der Waals surface area (Å²) in [6, 6.07) is 9.81. The maximum Gasteiger partial charge on any atom is 0.375 e. The summed E-state index contributed by atoms with van der Waals surface area (Å²) < 4.78 is 4.90. The summed E-state index contributed by atoms with van der Waals surface area (Å²) in [5, 5.41) is 1.64. The van der Waals surface area contributed by atoms with Crippen LogP contribution in [0.3, 0.4) is 0 Å². The Bertz CT molecular complexity index is 428. The molecule has 0 N–H and O–H groups in total. The highest BCUT2D eigenvalue weighted by Gasteiger charge is 2.29. The summed E-state index contributed by atoms with van der Waals surface area (Å²) in [4.78, 5) is 16.9. The highest BCUT2D eigenvalue weighted by molar-refractivity contribution is 5.86. The topological polar surface area (TPSA) is 38.8 Å². The molecule has 4 nitrogen and oxygen atoms in total. The smallest absolute Gasteiger partial charge is 0.375 e. The van der Waals surface area contributed by atoms with E-state index in [1.54, 1.807) is 25.1 Å². The number of carbonyl (C=O) groups excluding carboxylic acids is 1. The molecule has 0 saturated carbocycles. The summed E-state index contributed by atoms with van der Waals surface area (Å²) in [5.74, 6) is -0.166. The van der Waals surface area contributed by atoms with Gasteiger partial charge in [-0.05, 0) is 18.6 Å². The van der Waals surface area contributed by atoms with E-state index >= 15 is 0 Å². The number of hydroxylamine groups is 2. The lowest BCUT2D eigenvalue weighted by molar-refractivity contribution is -0.154. The number of esters is 1. The fraction of sp³-hybridized carbons (Fsp3) is 0.308. The van der Waals surface area contributed by atoms with Crippen LogP contribution in [0.4, 0.5) is 0 Å². The quantitative estimate of drug-likeness (QED) is 0.749. The summed E-state index contributed by atoms with van der Waals surface area (Å²) in [7, 11) is 1.79. The second kappa shape index (κ2) is 5.01. The summed E-state index contributed by atoms with van der Waals surface area (Å²) >= 11 is 0. The molecule has 1 atom stereocenters. The zero-order chi connectivity index (χ0) is 12.3. The Morgan fingerprint density at radius 1 is 1.41 bits per heavy atom. The first kappa shape index (κ1) is 11.7. The van der Waals surface area contributed by atoms with Gasteiger partial charge in [-0.2, -0.15) is 0 Å². The first-order chi connectivity index (χ1) is 8.22. The first-order valence-electron chi connectivity index (χ1n) is 5.57. The third kappa shape index (κ3) is 2.47. The molecular weight excluding hydrogens is 218 g/mol. The maximum atomic E-state index is 11.5. The van der Waals surface area contributed by atoms with E-state index in [9.17, 15) is 4.79 Å². The van der Waals surface area contributed by atoms with E-state index in [4.69, 9.17) is 9.57 Å². The average Bonchev–Trinajstić information content (AvgIpc) is 2.73. The van der Waals surface area contributed by atoms with Crippen LogP contribution in [0.1, 0.15) is 18.5 Å². The number of benzene rings is 1. The second-order valence-electron chi connectivity index (χ2n) is 3.74. The Hall–Kier alpha value is -1.81. The van der Waals surface area contributed by atoms with Crippen LogP contribution in [-0.4, -0.2) is 24.7 Å². The standard InChI is InChI=1S/C13H15NO3/c1-3-16-13(15)12-9-11(14(2)17-12)10-7-5-4-6-8-10/h4-9,11H,3H2,1-2H3. The Kier molecular flexibility index (Phi) is 3.44. The van der Waals surface area contributed by atoms with Crippen LogP contribution in [-0.2, 0) is 14.4 Å². The fourth-order valence-electron chi connectivity index (χ4n) is 1.75. The molecule has 90 valence electrons. The van der Waals surface area contributed by atoms with Gasteiger partial charge in [-0.25, -0.2) is 4.79 Å². The van der Waals surface area contributed by atoms with Crippen molar-refractivity contribution < 1.29 is 14.4 Å². The van der Waals surface area contributed by atoms with E-state index in [1.807, 2.05) is 30.3 Å². The van der Waals surface area contributed by atoms with E-state index in [1.165, 1.54) is 0 Å². The molecule has 0 bridgehead atoms. The van der Waals surface area contributed by atoms with E-state index in [0.717, 1.165) is 5.56 Å². The Morgan fingerprint density at radius 3 is 2.76 bits per heavy atom. The normalized spacial score (nSPS) is 19.6. The van der Waals surface area contributed by atoms with Crippen molar-refractivity contribution in [3.63, 3.8) is 0 Å². The maximum absolute atomic E-state index is 11.5. The van der Waals surface area contributed by atoms with E-state index in [-0.39, 0.29) is 11.8 Å². The zero-order valence-electron chi connectivity index (χ0n) is 9.92. The molecule has 1 aliphatic heterocycles. The molecule has 4 heteroatoms. The minimum absolute atomic E-state index is 0.0457. The van der Waals surface area contributed by atoms with Crippen LogP contribution < -0.4 is 0 Å². The van der Waals surface area contributed by atoms with Gasteiger partial charge < -0.3 is 9.57 Å². The molecule has 2 rings (SSSR count). The van der Waals surface area contributed by atoms with E-state index in [2.05, 4.69) is 0 Å². The number of hydrogen-bond acceptors (Lipinski definition) is 4. The minimum atomic E-state index is -0.419. The van der Waals surface area contributed by atoms with Crippen molar-refractivity contribution in [3.05, 3.63) is 47.7 Å². The molecule has 0 aliphatic carbocycles. The van der Waals surface area contributed by atoms with Gasteiger partial charge in [-0.15, -0.1) is 5.06 Å². The van der Waals surface area contributed by atoms with Gasteiger partial charge >= 0.3 is 5.97 Å². The Labute approximate surface area is 100 Å². The van der Waals surface area contributed by atoms with Crippen molar-refractivity contribution in [1.82, 2.24) is 5.06 Å². The minimum Gasteiger partial charge on any atom is -0.460 e. The van der Waals surface area contributed by atoms with Gasteiger partial charge in [0.1, 0.15) is 0 Å². The van der Waals surface area contributed by atoms with Crippen LogP contribution >= 0.6 is 0 Å². The molecule has 1 aliphatic rings. The fourth-order valence-corrected chi connectivity index (χ4v) is 1.75. The molecule has 0 amide bonds. The van der Waals surface area contributed by atoms with Crippen molar-refractivity contribution in [1.29, 1.82) is 0 Å². The molecule has 0 radical (unpaired) electrons. The zero-order valence-corrected chi connectivity index (χ0v) is 9.92. The lowest BCUT2D eigenvalue weighted by Gasteiger charge is -2.17. The molecule has 0 fully saturated rings. The summed E-state index contributed by atoms with van der Waals surface area (Å²) in [6.45, 7) is 2.12. The highest BCUT2D eigenvalue weighted by Crippen LogP contribution is 2.29. The molecule has 1 unspecified atom stereocenters. The van der Waals surface area contributed by atoms with Crippen LogP contribution in [0.25, 0.3) is 0 Å². The van der Waals surface area contributed by atoms with Crippen LogP contribution in [0.5, 0.6) is 0 Å². The van der Waals surface area contributed by atoms with Gasteiger partial charge in [0.15, 0.2) is 0 Å². The van der Waals surface area contributed by atoms with Gasteiger partial charge in [0, 0.05) is 7.05 Å². The van der Waals surface area contributed by atoms with Crippen molar-refractivity contribution in [3.8, 4) is 0 Å². The van der Waals surface area contributed by atoms with Gasteiger partial charge in [0.05, 0.1) is 12.6 Å². The van der Waals surface area contributed by atoms with Crippen molar-refractivity contribution in [2.75, 3.05) is 13.7 Å². The second-order valence-corrected chi connectivity index (χ2v) is 3.74. The predicted octanol–water partition coefficient (Wildman–Crippen LogP) is 2.05. The van der Waals surface area contributed by atoms with E-state index < -0.39 is 5.97 Å². The third-order valence-electron chi connectivity index (χ3n) is 2.56. The first-order valence-corrected chi connectivity index (χ1v) is 5.57. The van der Waals surface area contributed by atoms with Gasteiger partial charge in [0.2, 0.25) is 5.76 Å². The summed E-state index contributed by atoms with van der Waals surface area (Å²) in [6.07, 6.45) is 1.77. The van der Waals surface area contributed by atoms with Crippen LogP contribution in [0, 0.1) is 0 Å². The van der Waals surface area contributed by atoms with Gasteiger partial charge in [-0.3, -0.25) is 0 Å². The van der Waals surface area contributed by atoms with Crippen LogP contribution in [0.2, 0.25) is 0 Å². The van der Waals surface area contributed by atoms with Crippen molar-refractivity contribution in [2.45, 2.75) is 13.0 Å². The van der Waals surface area contributed by atoms with Crippen molar-refractivity contribution >= 4 is 5.97 Å². The highest BCUT2D eigenvalue weighted by atomic mass is 16.7. The molecule has 1 heterocycles. The molecule has 0 spiro atoms. The van der Waals surface area contributed by atoms with Gasteiger partial charge in [-0.1, -0.05) is 30.3 Å². The lowest BCUT2D eigenvalue weighted by Crippen LogP contribution is -2.18. The number of nitrogens with zero attached hydrogens (tertiary/aromatic N) is 1. The molecule has 0 saturated heterocycles. The number of carbonyl (C=O) groups is 1. The SMILES string of the molecule is CCOC(=O)C1=CC(c2ccccc2)N(C)O1. The van der Waals surface area contributed by atoms with Crippen LogP contribution in [0.15, 0.2) is 42.2 Å². The monoisotopic (exact) mass is 233 g/mol. The van der Waals surface area contributed by atoms with E-state index in [0.29, 0.717) is 6.61 Å². The number of hydrogen-bond donors (Lipinski definition) is 0. The molecular formula is C13H15NO3. The Morgan fingerprint density at radius 2 is 2.12 bits per heavy atom. The molecule has 0 aromatic heterocycles. The molecule has 1 aromatic rings. The number of rotatable bonds is 3. The predicted molar refractivity (Wildman–Crippen MR) is 62.7 cm³/mol. The molecule has 17 heavy (non-hydrogen) atoms. The van der Waals surface area contributed by atoms with Gasteiger partial charge in [0.25, 0.3) is 0 Å². The number of likely N-dealkylation sites (N-methyl/N-ethyl adjacent to an activating group) is 1. The largest absolute Gasteiger partial charge is 0.460 e. The Balaban J connectivity index is 2.17. The average molecular weight is 233 g/mol. The lowest BCUT2D eigenvalue weighted by atomic mass is 10.1. The summed E-state index contributed by atoms with van der Waals surface area (Å²) in [5.41, 5.74) is 1.08. The molecule has 1 aromatic carbocycles. The van der Waals surface area contributed by atoms with Crippen molar-refractivity contribution in [2.24, 2.45) is 0 Å². The number of ether oxygens (including phenoxy) is 1. The third-order valence-corrected chi connectivity index (χ3v) is 2.56.